The molecule has 1 atom stereocenters. The van der Waals surface area contributed by atoms with Crippen molar-refractivity contribution in [2.75, 3.05) is 11.9 Å². The van der Waals surface area contributed by atoms with E-state index in [-0.39, 0.29) is 41.5 Å². The van der Waals surface area contributed by atoms with Crippen molar-refractivity contribution >= 4 is 29.7 Å². The third kappa shape index (κ3) is 3.55. The van der Waals surface area contributed by atoms with Gasteiger partial charge >= 0.3 is 0 Å². The first-order valence-electron chi connectivity index (χ1n) is 5.59. The quantitative estimate of drug-likeness (QED) is 0.443. The molecule has 1 saturated heterocycles. The maximum absolute atomic E-state index is 11.8. The van der Waals surface area contributed by atoms with Crippen LogP contribution in [0.15, 0.2) is 18.2 Å². The highest BCUT2D eigenvalue weighted by Crippen LogP contribution is 2.28. The molecule has 1 aliphatic heterocycles. The number of nitro groups is 1. The third-order valence-corrected chi connectivity index (χ3v) is 2.83. The summed E-state index contributed by atoms with van der Waals surface area (Å²) in [5, 5.41) is 25.7. The topological polar surface area (TPSA) is 104 Å². The molecule has 1 aromatic carbocycles. The standard InChI is InChI=1S/C11H13N3O4.ClH/c15-10-4-3-7(14(17)18)6-9(10)13-11(16)8-2-1-5-12-8;/h3-4,6,8,12,15H,1-2,5H2,(H,13,16);1H. The van der Waals surface area contributed by atoms with Crippen LogP contribution in [0.25, 0.3) is 0 Å². The fourth-order valence-electron chi connectivity index (χ4n) is 1.87. The Bertz CT molecular complexity index is 489. The Kier molecular flexibility index (Phi) is 5.08. The van der Waals surface area contributed by atoms with E-state index in [0.29, 0.717) is 0 Å². The van der Waals surface area contributed by atoms with Gasteiger partial charge in [-0.3, -0.25) is 14.9 Å². The van der Waals surface area contributed by atoms with Gasteiger partial charge in [0.05, 0.1) is 16.7 Å². The summed E-state index contributed by atoms with van der Waals surface area (Å²) in [6.07, 6.45) is 1.64. The maximum atomic E-state index is 11.8. The number of nitro benzene ring substituents is 1. The molecule has 2 rings (SSSR count). The first kappa shape index (κ1) is 15.2. The average molecular weight is 288 g/mol. The van der Waals surface area contributed by atoms with Crippen molar-refractivity contribution in [2.24, 2.45) is 0 Å². The summed E-state index contributed by atoms with van der Waals surface area (Å²) in [6, 6.07) is 3.21. The number of hydrogen-bond acceptors (Lipinski definition) is 5. The van der Waals surface area contributed by atoms with Gasteiger partial charge in [0.1, 0.15) is 5.75 Å². The number of anilines is 1. The van der Waals surface area contributed by atoms with Gasteiger partial charge in [-0.15, -0.1) is 12.4 Å². The lowest BCUT2D eigenvalue weighted by Crippen LogP contribution is -2.35. The zero-order chi connectivity index (χ0) is 13.1. The van der Waals surface area contributed by atoms with Crippen molar-refractivity contribution in [3.05, 3.63) is 28.3 Å². The second-order valence-corrected chi connectivity index (χ2v) is 4.10. The van der Waals surface area contributed by atoms with Gasteiger partial charge in [0.15, 0.2) is 0 Å². The van der Waals surface area contributed by atoms with Crippen LogP contribution in [0.5, 0.6) is 5.75 Å². The van der Waals surface area contributed by atoms with Crippen LogP contribution in [-0.2, 0) is 4.79 Å². The summed E-state index contributed by atoms with van der Waals surface area (Å²) in [5.74, 6) is -0.477. The molecule has 0 spiro atoms. The highest BCUT2D eigenvalue weighted by atomic mass is 35.5. The van der Waals surface area contributed by atoms with Crippen molar-refractivity contribution in [3.8, 4) is 5.75 Å². The molecule has 1 heterocycles. The Morgan fingerprint density at radius 1 is 1.53 bits per heavy atom. The van der Waals surface area contributed by atoms with Crippen molar-refractivity contribution in [1.29, 1.82) is 0 Å². The number of hydrogen-bond donors (Lipinski definition) is 3. The van der Waals surface area contributed by atoms with Crippen molar-refractivity contribution in [2.45, 2.75) is 18.9 Å². The summed E-state index contributed by atoms with van der Waals surface area (Å²) in [5.41, 5.74) is -0.120. The van der Waals surface area contributed by atoms with Gasteiger partial charge in [-0.05, 0) is 25.5 Å². The number of non-ortho nitro benzene ring substituents is 1. The van der Waals surface area contributed by atoms with E-state index < -0.39 is 4.92 Å². The lowest BCUT2D eigenvalue weighted by Gasteiger charge is -2.11. The molecule has 1 amide bonds. The van der Waals surface area contributed by atoms with E-state index in [4.69, 9.17) is 0 Å². The van der Waals surface area contributed by atoms with E-state index in [1.165, 1.54) is 12.1 Å². The fraction of sp³-hybridized carbons (Fsp3) is 0.364. The zero-order valence-corrected chi connectivity index (χ0v) is 10.8. The molecule has 3 N–H and O–H groups in total. The molecular formula is C11H14ClN3O4. The molecule has 0 bridgehead atoms. The second-order valence-electron chi connectivity index (χ2n) is 4.10. The van der Waals surface area contributed by atoms with Crippen LogP contribution in [0.2, 0.25) is 0 Å². The Morgan fingerprint density at radius 2 is 2.26 bits per heavy atom. The molecular weight excluding hydrogens is 274 g/mol. The number of phenolic OH excluding ortho intramolecular Hbond substituents is 1. The summed E-state index contributed by atoms with van der Waals surface area (Å²) in [7, 11) is 0. The van der Waals surface area contributed by atoms with Crippen LogP contribution >= 0.6 is 12.4 Å². The number of nitrogens with one attached hydrogen (secondary N) is 2. The largest absolute Gasteiger partial charge is 0.506 e. The predicted octanol–water partition coefficient (Wildman–Crippen LogP) is 1.41. The summed E-state index contributed by atoms with van der Waals surface area (Å²) < 4.78 is 0. The Labute approximate surface area is 115 Å². The fourth-order valence-corrected chi connectivity index (χ4v) is 1.87. The van der Waals surface area contributed by atoms with Crippen LogP contribution in [-0.4, -0.2) is 28.5 Å². The van der Waals surface area contributed by atoms with Gasteiger partial charge < -0.3 is 15.7 Å². The van der Waals surface area contributed by atoms with E-state index in [1.54, 1.807) is 0 Å². The number of benzene rings is 1. The lowest BCUT2D eigenvalue weighted by molar-refractivity contribution is -0.384. The minimum atomic E-state index is -0.580. The van der Waals surface area contributed by atoms with Gasteiger partial charge in [0, 0.05) is 12.1 Å². The van der Waals surface area contributed by atoms with E-state index in [2.05, 4.69) is 10.6 Å². The van der Waals surface area contributed by atoms with Crippen molar-refractivity contribution in [1.82, 2.24) is 5.32 Å². The number of rotatable bonds is 3. The van der Waals surface area contributed by atoms with Crippen LogP contribution in [0, 0.1) is 10.1 Å². The van der Waals surface area contributed by atoms with Gasteiger partial charge in [-0.25, -0.2) is 0 Å². The summed E-state index contributed by atoms with van der Waals surface area (Å²) in [4.78, 5) is 21.8. The minimum absolute atomic E-state index is 0. The molecule has 19 heavy (non-hydrogen) atoms. The number of aromatic hydroxyl groups is 1. The number of halogens is 1. The molecule has 0 radical (unpaired) electrons. The summed E-state index contributed by atoms with van der Waals surface area (Å²) >= 11 is 0. The molecule has 7 nitrogen and oxygen atoms in total. The monoisotopic (exact) mass is 287 g/mol. The smallest absolute Gasteiger partial charge is 0.271 e. The first-order chi connectivity index (χ1) is 8.58. The number of nitrogens with zero attached hydrogens (tertiary/aromatic N) is 1. The van der Waals surface area contributed by atoms with E-state index in [1.807, 2.05) is 0 Å². The normalized spacial score (nSPS) is 17.6. The molecule has 1 fully saturated rings. The van der Waals surface area contributed by atoms with Crippen molar-refractivity contribution < 1.29 is 14.8 Å². The minimum Gasteiger partial charge on any atom is -0.506 e. The average Bonchev–Trinajstić information content (AvgIpc) is 2.85. The number of phenols is 1. The Hall–Kier alpha value is -1.86. The van der Waals surface area contributed by atoms with Gasteiger partial charge in [-0.2, -0.15) is 0 Å². The summed E-state index contributed by atoms with van der Waals surface area (Å²) in [6.45, 7) is 0.777. The van der Waals surface area contributed by atoms with E-state index in [9.17, 15) is 20.0 Å². The van der Waals surface area contributed by atoms with Crippen LogP contribution < -0.4 is 10.6 Å². The molecule has 0 aliphatic carbocycles. The van der Waals surface area contributed by atoms with Crippen molar-refractivity contribution in [3.63, 3.8) is 0 Å². The lowest BCUT2D eigenvalue weighted by atomic mass is 10.2. The van der Waals surface area contributed by atoms with E-state index >= 15 is 0 Å². The van der Waals surface area contributed by atoms with Crippen LogP contribution in [0.3, 0.4) is 0 Å². The highest BCUT2D eigenvalue weighted by Gasteiger charge is 2.23. The predicted molar refractivity (Wildman–Crippen MR) is 71.7 cm³/mol. The maximum Gasteiger partial charge on any atom is 0.271 e. The number of carbonyl (C=O) groups is 1. The Balaban J connectivity index is 0.00000180. The SMILES string of the molecule is Cl.O=C(Nc1cc([N+](=O)[O-])ccc1O)C1CCCN1. The Morgan fingerprint density at radius 3 is 2.84 bits per heavy atom. The molecule has 0 aromatic heterocycles. The zero-order valence-electron chi connectivity index (χ0n) is 9.96. The number of amides is 1. The van der Waals surface area contributed by atoms with E-state index in [0.717, 1.165) is 25.5 Å². The van der Waals surface area contributed by atoms with Gasteiger partial charge in [0.25, 0.3) is 5.69 Å². The molecule has 1 aliphatic rings. The highest BCUT2D eigenvalue weighted by molar-refractivity contribution is 5.96. The molecule has 0 saturated carbocycles. The van der Waals surface area contributed by atoms with Gasteiger partial charge in [0.2, 0.25) is 5.91 Å². The van der Waals surface area contributed by atoms with Crippen LogP contribution in [0.4, 0.5) is 11.4 Å². The first-order valence-corrected chi connectivity index (χ1v) is 5.59. The molecule has 104 valence electrons. The van der Waals surface area contributed by atoms with Crippen LogP contribution in [0.1, 0.15) is 12.8 Å². The molecule has 1 aromatic rings. The number of carbonyl (C=O) groups excluding carboxylic acids is 1. The molecule has 1 unspecified atom stereocenters. The van der Waals surface area contributed by atoms with Gasteiger partial charge in [-0.1, -0.05) is 0 Å². The molecule has 8 heteroatoms. The third-order valence-electron chi connectivity index (χ3n) is 2.83. The second kappa shape index (κ2) is 6.35.